The van der Waals surface area contributed by atoms with Crippen LogP contribution in [0.2, 0.25) is 0 Å². The third-order valence-corrected chi connectivity index (χ3v) is 2.08. The topological polar surface area (TPSA) is 80.4 Å². The molecule has 0 unspecified atom stereocenters. The molecule has 0 heterocycles. The van der Waals surface area contributed by atoms with Crippen LogP contribution in [0.5, 0.6) is 0 Å². The van der Waals surface area contributed by atoms with Crippen molar-refractivity contribution in [2.24, 2.45) is 0 Å². The van der Waals surface area contributed by atoms with Crippen molar-refractivity contribution in [3.63, 3.8) is 0 Å². The van der Waals surface area contributed by atoms with E-state index in [-0.39, 0.29) is 0 Å². The van der Waals surface area contributed by atoms with Crippen LogP contribution in [0.4, 0.5) is 18.9 Å². The number of carbonyl (C=O) groups is 1. The van der Waals surface area contributed by atoms with Crippen molar-refractivity contribution in [3.05, 3.63) is 38.9 Å². The molecule has 8 heteroatoms. The third kappa shape index (κ3) is 2.35. The highest BCUT2D eigenvalue weighted by Gasteiger charge is 2.42. The zero-order valence-electron chi connectivity index (χ0n) is 8.41. The molecular formula is C9H6F3NO4. The van der Waals surface area contributed by atoms with Crippen LogP contribution >= 0.6 is 0 Å². The van der Waals surface area contributed by atoms with E-state index in [2.05, 4.69) is 0 Å². The van der Waals surface area contributed by atoms with Crippen LogP contribution in [0.1, 0.15) is 21.5 Å². The number of benzene rings is 1. The Morgan fingerprint density at radius 3 is 2.29 bits per heavy atom. The zero-order valence-corrected chi connectivity index (χ0v) is 8.41. The molecule has 5 nitrogen and oxygen atoms in total. The second kappa shape index (κ2) is 4.04. The van der Waals surface area contributed by atoms with Crippen LogP contribution in [0.25, 0.3) is 0 Å². The average molecular weight is 249 g/mol. The summed E-state index contributed by atoms with van der Waals surface area (Å²) in [7, 11) is 0. The summed E-state index contributed by atoms with van der Waals surface area (Å²) in [6.45, 7) is 1.03. The van der Waals surface area contributed by atoms with Crippen LogP contribution in [-0.2, 0) is 6.18 Å². The van der Waals surface area contributed by atoms with Crippen molar-refractivity contribution in [3.8, 4) is 0 Å². The Bertz CT molecular complexity index is 496. The summed E-state index contributed by atoms with van der Waals surface area (Å²) in [5, 5.41) is 19.2. The lowest BCUT2D eigenvalue weighted by Crippen LogP contribution is -2.14. The molecule has 0 amide bonds. The second-order valence-electron chi connectivity index (χ2n) is 3.21. The number of nitro benzene ring substituents is 1. The van der Waals surface area contributed by atoms with E-state index in [4.69, 9.17) is 5.11 Å². The van der Waals surface area contributed by atoms with E-state index in [1.165, 1.54) is 0 Å². The lowest BCUT2D eigenvalue weighted by atomic mass is 10.0. The minimum atomic E-state index is -4.97. The smallest absolute Gasteiger partial charge is 0.423 e. The molecule has 0 aliphatic heterocycles. The lowest BCUT2D eigenvalue weighted by Gasteiger charge is -2.11. The summed E-state index contributed by atoms with van der Waals surface area (Å²) < 4.78 is 37.8. The van der Waals surface area contributed by atoms with Gasteiger partial charge < -0.3 is 5.11 Å². The van der Waals surface area contributed by atoms with E-state index >= 15 is 0 Å². The fraction of sp³-hybridized carbons (Fsp3) is 0.222. The van der Waals surface area contributed by atoms with Crippen molar-refractivity contribution in [2.75, 3.05) is 0 Å². The molecule has 0 bridgehead atoms. The monoisotopic (exact) mass is 249 g/mol. The minimum absolute atomic E-state index is 0.394. The summed E-state index contributed by atoms with van der Waals surface area (Å²) in [6, 6.07) is 1.67. The number of hydrogen-bond acceptors (Lipinski definition) is 3. The molecule has 92 valence electrons. The zero-order chi connectivity index (χ0) is 13.4. The van der Waals surface area contributed by atoms with Crippen LogP contribution in [-0.4, -0.2) is 16.0 Å². The minimum Gasteiger partial charge on any atom is -0.477 e. The Hall–Kier alpha value is -2.12. The van der Waals surface area contributed by atoms with Crippen molar-refractivity contribution in [1.29, 1.82) is 0 Å². The van der Waals surface area contributed by atoms with Gasteiger partial charge in [0.2, 0.25) is 0 Å². The molecule has 0 aromatic heterocycles. The molecule has 1 aromatic carbocycles. The Morgan fingerprint density at radius 1 is 1.41 bits per heavy atom. The standard InChI is InChI=1S/C9H6F3NO4/c1-4-2-3-5(8(14)15)7(13(16)17)6(4)9(10,11)12/h2-3H,1H3,(H,14,15). The molecule has 0 fully saturated rings. The van der Waals surface area contributed by atoms with Gasteiger partial charge in [-0.2, -0.15) is 13.2 Å². The molecule has 0 aliphatic carbocycles. The molecule has 0 atom stereocenters. The molecule has 0 aliphatic rings. The van der Waals surface area contributed by atoms with Crippen molar-refractivity contribution >= 4 is 11.7 Å². The highest BCUT2D eigenvalue weighted by Crippen LogP contribution is 2.40. The molecular weight excluding hydrogens is 243 g/mol. The molecule has 0 saturated heterocycles. The van der Waals surface area contributed by atoms with Gasteiger partial charge in [-0.3, -0.25) is 10.1 Å². The predicted molar refractivity (Wildman–Crippen MR) is 49.8 cm³/mol. The summed E-state index contributed by atoms with van der Waals surface area (Å²) in [4.78, 5) is 19.9. The van der Waals surface area contributed by atoms with Gasteiger partial charge in [0.05, 0.1) is 4.92 Å². The first-order chi connectivity index (χ1) is 7.66. The van der Waals surface area contributed by atoms with Gasteiger partial charge in [-0.05, 0) is 18.6 Å². The van der Waals surface area contributed by atoms with E-state index < -0.39 is 39.4 Å². The van der Waals surface area contributed by atoms with Gasteiger partial charge in [-0.15, -0.1) is 0 Å². The number of nitrogens with zero attached hydrogens (tertiary/aromatic N) is 1. The van der Waals surface area contributed by atoms with E-state index in [9.17, 15) is 28.1 Å². The molecule has 17 heavy (non-hydrogen) atoms. The Kier molecular flexibility index (Phi) is 3.08. The summed E-state index contributed by atoms with van der Waals surface area (Å²) in [6.07, 6.45) is -4.97. The van der Waals surface area contributed by atoms with Crippen LogP contribution in [0.15, 0.2) is 12.1 Å². The summed E-state index contributed by atoms with van der Waals surface area (Å²) in [5.74, 6) is -1.78. The maximum absolute atomic E-state index is 12.6. The van der Waals surface area contributed by atoms with E-state index in [1.807, 2.05) is 0 Å². The first-order valence-corrected chi connectivity index (χ1v) is 4.24. The second-order valence-corrected chi connectivity index (χ2v) is 3.21. The number of nitro groups is 1. The van der Waals surface area contributed by atoms with Crippen LogP contribution in [0, 0.1) is 17.0 Å². The van der Waals surface area contributed by atoms with Gasteiger partial charge in [0.15, 0.2) is 0 Å². The highest BCUT2D eigenvalue weighted by molar-refractivity contribution is 5.93. The van der Waals surface area contributed by atoms with Gasteiger partial charge in [-0.1, -0.05) is 6.07 Å². The third-order valence-electron chi connectivity index (χ3n) is 2.08. The number of halogens is 3. The highest BCUT2D eigenvalue weighted by atomic mass is 19.4. The number of carboxylic acid groups (broad SMARTS) is 1. The quantitative estimate of drug-likeness (QED) is 0.645. The van der Waals surface area contributed by atoms with Crippen LogP contribution in [0.3, 0.4) is 0 Å². The fourth-order valence-corrected chi connectivity index (χ4v) is 1.41. The van der Waals surface area contributed by atoms with Gasteiger partial charge in [0.25, 0.3) is 5.69 Å². The van der Waals surface area contributed by atoms with Gasteiger partial charge in [-0.25, -0.2) is 4.79 Å². The number of alkyl halides is 3. The van der Waals surface area contributed by atoms with Gasteiger partial charge in [0.1, 0.15) is 11.1 Å². The number of aryl methyl sites for hydroxylation is 1. The van der Waals surface area contributed by atoms with E-state index in [0.29, 0.717) is 0 Å². The van der Waals surface area contributed by atoms with Crippen LogP contribution < -0.4 is 0 Å². The number of carboxylic acids is 1. The van der Waals surface area contributed by atoms with E-state index in [1.54, 1.807) is 0 Å². The molecule has 0 spiro atoms. The normalized spacial score (nSPS) is 11.3. The Balaban J connectivity index is 3.73. The number of hydrogen-bond donors (Lipinski definition) is 1. The SMILES string of the molecule is Cc1ccc(C(=O)O)c([N+](=O)[O-])c1C(F)(F)F. The van der Waals surface area contributed by atoms with Gasteiger partial charge in [0, 0.05) is 0 Å². The molecule has 1 aromatic rings. The fourth-order valence-electron chi connectivity index (χ4n) is 1.41. The lowest BCUT2D eigenvalue weighted by molar-refractivity contribution is -0.388. The maximum Gasteiger partial charge on any atom is 0.423 e. The summed E-state index contributed by atoms with van der Waals surface area (Å²) >= 11 is 0. The van der Waals surface area contributed by atoms with Crippen molar-refractivity contribution in [1.82, 2.24) is 0 Å². The number of aromatic carboxylic acids is 1. The predicted octanol–water partition coefficient (Wildman–Crippen LogP) is 2.62. The average Bonchev–Trinajstić information content (AvgIpc) is 2.14. The molecule has 1 rings (SSSR count). The maximum atomic E-state index is 12.6. The Labute approximate surface area is 92.6 Å². The van der Waals surface area contributed by atoms with E-state index in [0.717, 1.165) is 19.1 Å². The summed E-state index contributed by atoms with van der Waals surface area (Å²) in [5.41, 5.74) is -4.32. The largest absolute Gasteiger partial charge is 0.477 e. The van der Waals surface area contributed by atoms with Gasteiger partial charge >= 0.3 is 12.1 Å². The first kappa shape index (κ1) is 12.9. The Morgan fingerprint density at radius 2 is 1.94 bits per heavy atom. The molecule has 1 N–H and O–H groups in total. The van der Waals surface area contributed by atoms with Crippen molar-refractivity contribution in [2.45, 2.75) is 13.1 Å². The number of rotatable bonds is 2. The molecule has 0 radical (unpaired) electrons. The first-order valence-electron chi connectivity index (χ1n) is 4.24. The molecule has 0 saturated carbocycles. The van der Waals surface area contributed by atoms with Crippen molar-refractivity contribution < 1.29 is 28.0 Å².